The van der Waals surface area contributed by atoms with Gasteiger partial charge in [-0.25, -0.2) is 14.1 Å². The van der Waals surface area contributed by atoms with Crippen LogP contribution in [0.4, 0.5) is 16.0 Å². The fourth-order valence-electron chi connectivity index (χ4n) is 2.59. The minimum Gasteiger partial charge on any atom is -0.400 e. The highest BCUT2D eigenvalue weighted by atomic mass is 79.9. The van der Waals surface area contributed by atoms with Crippen molar-refractivity contribution in [1.29, 1.82) is 0 Å². The van der Waals surface area contributed by atoms with Crippen molar-refractivity contribution in [3.05, 3.63) is 97.0 Å². The lowest BCUT2D eigenvalue weighted by Crippen LogP contribution is -2.11. The number of nitro groups is 1. The molecule has 2 aromatic heterocycles. The molecular weight excluding hydrogens is 475 g/mol. The Morgan fingerprint density at radius 1 is 1.13 bits per heavy atom. The summed E-state index contributed by atoms with van der Waals surface area (Å²) in [5.74, 6) is -0.487. The van der Waals surface area contributed by atoms with Crippen LogP contribution in [0.1, 0.15) is 5.76 Å². The average Bonchev–Trinajstić information content (AvgIpc) is 3.36. The summed E-state index contributed by atoms with van der Waals surface area (Å²) in [6, 6.07) is 16.2. The van der Waals surface area contributed by atoms with Gasteiger partial charge in [-0.1, -0.05) is 34.1 Å². The Labute approximate surface area is 181 Å². The highest BCUT2D eigenvalue weighted by Gasteiger charge is 2.13. The van der Waals surface area contributed by atoms with E-state index in [1.54, 1.807) is 16.8 Å². The normalized spacial score (nSPS) is 12.0. The molecule has 0 radical (unpaired) electrons. The summed E-state index contributed by atoms with van der Waals surface area (Å²) in [6.07, 6.45) is 1.38. The van der Waals surface area contributed by atoms with Crippen molar-refractivity contribution >= 4 is 45.1 Å². The smallest absolute Gasteiger partial charge is 0.400 e. The quantitative estimate of drug-likeness (QED) is 0.205. The number of hydrogen-bond donors (Lipinski definition) is 0. The lowest BCUT2D eigenvalue weighted by Gasteiger charge is -2.05. The zero-order valence-corrected chi connectivity index (χ0v) is 17.5. The Kier molecular flexibility index (Phi) is 5.68. The molecule has 0 N–H and O–H groups in total. The summed E-state index contributed by atoms with van der Waals surface area (Å²) >= 11 is 4.89. The highest BCUT2D eigenvalue weighted by molar-refractivity contribution is 9.10. The van der Waals surface area contributed by atoms with Crippen molar-refractivity contribution in [2.24, 2.45) is 10.1 Å². The molecule has 30 heavy (non-hydrogen) atoms. The van der Waals surface area contributed by atoms with Crippen LogP contribution in [0.3, 0.4) is 0 Å². The van der Waals surface area contributed by atoms with E-state index in [-0.39, 0.29) is 17.5 Å². The number of nitrogens with zero attached hydrogens (tertiary/aromatic N) is 4. The first-order valence-electron chi connectivity index (χ1n) is 8.55. The topological polar surface area (TPSA) is 85.9 Å². The van der Waals surface area contributed by atoms with E-state index in [2.05, 4.69) is 26.0 Å². The second-order valence-corrected chi connectivity index (χ2v) is 7.65. The number of hydrogen-bond acceptors (Lipinski definition) is 6. The largest absolute Gasteiger partial charge is 0.433 e. The molecule has 4 aromatic rings. The second-order valence-electron chi connectivity index (χ2n) is 5.96. The van der Waals surface area contributed by atoms with Crippen molar-refractivity contribution in [3.63, 3.8) is 0 Å². The highest BCUT2D eigenvalue weighted by Crippen LogP contribution is 2.28. The van der Waals surface area contributed by atoms with Crippen LogP contribution >= 0.6 is 27.3 Å². The standard InChI is InChI=1S/C20H12BrFN4O3S/c21-17-4-2-1-3-16(17)18-12-30-20(24-14-7-5-13(22)6-8-14)25(18)23-11-15-9-10-19(29-15)26(27)28/h1-12H. The third kappa shape index (κ3) is 4.29. The first kappa shape index (κ1) is 19.9. The number of halogens is 2. The van der Waals surface area contributed by atoms with Gasteiger partial charge in [0.1, 0.15) is 10.7 Å². The van der Waals surface area contributed by atoms with Crippen LogP contribution in [-0.4, -0.2) is 15.8 Å². The third-order valence-corrected chi connectivity index (χ3v) is 5.49. The molecule has 0 fully saturated rings. The van der Waals surface area contributed by atoms with E-state index < -0.39 is 4.92 Å². The van der Waals surface area contributed by atoms with E-state index in [0.29, 0.717) is 10.5 Å². The second kappa shape index (κ2) is 8.56. The Balaban J connectivity index is 1.83. The number of benzene rings is 2. The molecule has 0 atom stereocenters. The Bertz CT molecular complexity index is 1310. The monoisotopic (exact) mass is 486 g/mol. The maximum Gasteiger partial charge on any atom is 0.433 e. The van der Waals surface area contributed by atoms with Crippen molar-refractivity contribution in [2.45, 2.75) is 0 Å². The molecule has 0 unspecified atom stereocenters. The zero-order valence-electron chi connectivity index (χ0n) is 15.1. The minimum absolute atomic E-state index is 0.228. The molecule has 2 aromatic carbocycles. The molecule has 4 rings (SSSR count). The lowest BCUT2D eigenvalue weighted by atomic mass is 10.2. The fraction of sp³-hybridized carbons (Fsp3) is 0. The molecule has 0 spiro atoms. The van der Waals surface area contributed by atoms with Gasteiger partial charge in [0.25, 0.3) is 0 Å². The average molecular weight is 487 g/mol. The van der Waals surface area contributed by atoms with Gasteiger partial charge >= 0.3 is 5.88 Å². The van der Waals surface area contributed by atoms with Gasteiger partial charge in [0, 0.05) is 15.4 Å². The van der Waals surface area contributed by atoms with Crippen LogP contribution in [-0.2, 0) is 0 Å². The molecule has 0 saturated carbocycles. The molecule has 7 nitrogen and oxygen atoms in total. The number of rotatable bonds is 5. The summed E-state index contributed by atoms with van der Waals surface area (Å²) < 4.78 is 20.8. The van der Waals surface area contributed by atoms with Gasteiger partial charge in [-0.15, -0.1) is 11.3 Å². The van der Waals surface area contributed by atoms with E-state index in [4.69, 9.17) is 4.42 Å². The Morgan fingerprint density at radius 3 is 2.60 bits per heavy atom. The van der Waals surface area contributed by atoms with Crippen LogP contribution < -0.4 is 4.80 Å². The van der Waals surface area contributed by atoms with Gasteiger partial charge in [0.15, 0.2) is 5.76 Å². The van der Waals surface area contributed by atoms with Gasteiger partial charge in [-0.2, -0.15) is 5.10 Å². The molecule has 2 heterocycles. The van der Waals surface area contributed by atoms with Gasteiger partial charge in [-0.05, 0) is 36.4 Å². The molecule has 150 valence electrons. The van der Waals surface area contributed by atoms with Crippen molar-refractivity contribution in [1.82, 2.24) is 4.68 Å². The zero-order chi connectivity index (χ0) is 21.1. The molecule has 0 saturated heterocycles. The summed E-state index contributed by atoms with van der Waals surface area (Å²) in [5.41, 5.74) is 2.21. The Hall–Kier alpha value is -3.37. The third-order valence-electron chi connectivity index (χ3n) is 3.98. The molecular formula is C20H12BrFN4O3S. The summed E-state index contributed by atoms with van der Waals surface area (Å²) in [7, 11) is 0. The van der Waals surface area contributed by atoms with Crippen LogP contribution in [0.15, 0.2) is 85.0 Å². The molecule has 0 aliphatic rings. The van der Waals surface area contributed by atoms with Gasteiger partial charge < -0.3 is 4.42 Å². The van der Waals surface area contributed by atoms with Crippen molar-refractivity contribution in [3.8, 4) is 11.3 Å². The summed E-state index contributed by atoms with van der Waals surface area (Å²) in [6.45, 7) is 0. The minimum atomic E-state index is -0.614. The molecule has 0 bridgehead atoms. The van der Waals surface area contributed by atoms with Gasteiger partial charge in [0.05, 0.1) is 23.7 Å². The molecule has 0 aliphatic carbocycles. The van der Waals surface area contributed by atoms with E-state index in [0.717, 1.165) is 15.7 Å². The Morgan fingerprint density at radius 2 is 1.90 bits per heavy atom. The van der Waals surface area contributed by atoms with E-state index in [1.807, 2.05) is 29.6 Å². The van der Waals surface area contributed by atoms with Crippen molar-refractivity contribution in [2.75, 3.05) is 0 Å². The van der Waals surface area contributed by atoms with Crippen LogP contribution in [0.5, 0.6) is 0 Å². The van der Waals surface area contributed by atoms with Crippen LogP contribution in [0, 0.1) is 15.9 Å². The van der Waals surface area contributed by atoms with Gasteiger partial charge in [-0.3, -0.25) is 10.1 Å². The number of thiazole rings is 1. The van der Waals surface area contributed by atoms with Gasteiger partial charge in [0.2, 0.25) is 4.80 Å². The fourth-order valence-corrected chi connectivity index (χ4v) is 3.93. The predicted molar refractivity (Wildman–Crippen MR) is 115 cm³/mol. The van der Waals surface area contributed by atoms with E-state index >= 15 is 0 Å². The summed E-state index contributed by atoms with van der Waals surface area (Å²) in [5, 5.41) is 17.2. The first-order chi connectivity index (χ1) is 14.5. The van der Waals surface area contributed by atoms with Crippen molar-refractivity contribution < 1.29 is 13.7 Å². The number of aromatic nitrogens is 1. The van der Waals surface area contributed by atoms with E-state index in [9.17, 15) is 14.5 Å². The number of furan rings is 1. The first-order valence-corrected chi connectivity index (χ1v) is 10.2. The van der Waals surface area contributed by atoms with E-state index in [1.165, 1.54) is 41.8 Å². The predicted octanol–water partition coefficient (Wildman–Crippen LogP) is 5.73. The maximum atomic E-state index is 13.2. The SMILES string of the molecule is O=[N+]([O-])c1ccc(C=Nn2c(-c3ccccc3Br)csc2=Nc2ccc(F)cc2)o1. The van der Waals surface area contributed by atoms with Crippen LogP contribution in [0.25, 0.3) is 11.3 Å². The maximum absolute atomic E-state index is 13.2. The lowest BCUT2D eigenvalue weighted by molar-refractivity contribution is -0.402. The summed E-state index contributed by atoms with van der Waals surface area (Å²) in [4.78, 5) is 15.3. The molecule has 0 aliphatic heterocycles. The molecule has 10 heteroatoms. The molecule has 0 amide bonds. The van der Waals surface area contributed by atoms with Crippen LogP contribution in [0.2, 0.25) is 0 Å².